The average Bonchev–Trinajstić information content (AvgIpc) is 2.67. The molecule has 0 fully saturated rings. The Labute approximate surface area is 87.0 Å². The molecule has 1 aromatic carbocycles. The molecule has 3 nitrogen and oxygen atoms in total. The summed E-state index contributed by atoms with van der Waals surface area (Å²) in [6.07, 6.45) is 2.43. The molecule has 1 amide bonds. The van der Waals surface area contributed by atoms with Crippen molar-refractivity contribution in [3.63, 3.8) is 0 Å². The summed E-state index contributed by atoms with van der Waals surface area (Å²) in [5.74, 6) is 0. The largest absolute Gasteiger partial charge is 0.337 e. The van der Waals surface area contributed by atoms with Crippen molar-refractivity contribution in [1.29, 1.82) is 0 Å². The van der Waals surface area contributed by atoms with Gasteiger partial charge in [0.1, 0.15) is 0 Å². The minimum absolute atomic E-state index is 0.0406. The zero-order chi connectivity index (χ0) is 9.97. The van der Waals surface area contributed by atoms with E-state index >= 15 is 0 Å². The van der Waals surface area contributed by atoms with Crippen molar-refractivity contribution in [3.8, 4) is 0 Å². The van der Waals surface area contributed by atoms with Crippen LogP contribution in [0.5, 0.6) is 0 Å². The van der Waals surface area contributed by atoms with Crippen LogP contribution in [0.15, 0.2) is 35.4 Å². The summed E-state index contributed by atoms with van der Waals surface area (Å²) in [5.41, 5.74) is 1.05. The number of halogens is 1. The normalized spacial score (nSPS) is 20.1. The number of nitrogens with zero attached hydrogens (tertiary/aromatic N) is 2. The molecule has 1 unspecified atom stereocenters. The van der Waals surface area contributed by atoms with Crippen LogP contribution in [0.2, 0.25) is 0 Å². The van der Waals surface area contributed by atoms with Gasteiger partial charge < -0.3 is 0 Å². The van der Waals surface area contributed by atoms with Gasteiger partial charge >= 0.3 is 5.37 Å². The zero-order valence-corrected chi connectivity index (χ0v) is 8.19. The van der Waals surface area contributed by atoms with E-state index in [1.54, 1.807) is 6.21 Å². The minimum Gasteiger partial charge on any atom is -0.253 e. The Morgan fingerprint density at radius 1 is 1.43 bits per heavy atom. The predicted octanol–water partition coefficient (Wildman–Crippen LogP) is 2.78. The number of carbonyl (C=O) groups excluding carboxylic acids is 1. The number of benzene rings is 1. The molecule has 0 aromatic heterocycles. The smallest absolute Gasteiger partial charge is 0.253 e. The molecule has 1 aliphatic rings. The zero-order valence-electron chi connectivity index (χ0n) is 7.43. The molecule has 0 radical (unpaired) electrons. The average molecular weight is 209 g/mol. The molecule has 4 heteroatoms. The van der Waals surface area contributed by atoms with E-state index < -0.39 is 5.37 Å². The van der Waals surface area contributed by atoms with Crippen molar-refractivity contribution in [2.75, 3.05) is 0 Å². The second-order valence-electron chi connectivity index (χ2n) is 3.06. The molecular weight excluding hydrogens is 200 g/mol. The maximum atomic E-state index is 11.0. The fourth-order valence-corrected chi connectivity index (χ4v) is 1.70. The molecule has 0 saturated carbocycles. The molecule has 1 aromatic rings. The molecule has 0 spiro atoms. The molecule has 0 saturated heterocycles. The molecule has 14 heavy (non-hydrogen) atoms. The third kappa shape index (κ3) is 1.63. The van der Waals surface area contributed by atoms with Gasteiger partial charge in [0.15, 0.2) is 0 Å². The lowest BCUT2D eigenvalue weighted by molar-refractivity contribution is 0.210. The highest BCUT2D eigenvalue weighted by atomic mass is 35.5. The topological polar surface area (TPSA) is 32.7 Å². The minimum atomic E-state index is -0.535. The Balaban J connectivity index is 2.24. The third-order valence-electron chi connectivity index (χ3n) is 2.19. The predicted molar refractivity (Wildman–Crippen MR) is 55.4 cm³/mol. The van der Waals surface area contributed by atoms with Crippen LogP contribution in [0.3, 0.4) is 0 Å². The Hall–Kier alpha value is -1.35. The Kier molecular flexibility index (Phi) is 2.50. The van der Waals surface area contributed by atoms with Gasteiger partial charge in [0.2, 0.25) is 0 Å². The summed E-state index contributed by atoms with van der Waals surface area (Å²) in [5, 5.41) is 4.69. The fraction of sp³-hybridized carbons (Fsp3) is 0.200. The molecule has 0 N–H and O–H groups in total. The number of amides is 1. The third-order valence-corrected chi connectivity index (χ3v) is 2.37. The van der Waals surface area contributed by atoms with Crippen molar-refractivity contribution in [2.45, 2.75) is 12.5 Å². The van der Waals surface area contributed by atoms with Crippen molar-refractivity contribution >= 4 is 23.2 Å². The fourth-order valence-electron chi connectivity index (χ4n) is 1.54. The van der Waals surface area contributed by atoms with Crippen LogP contribution < -0.4 is 0 Å². The molecule has 1 aliphatic heterocycles. The first-order valence-corrected chi connectivity index (χ1v) is 4.73. The summed E-state index contributed by atoms with van der Waals surface area (Å²) >= 11 is 5.40. The van der Waals surface area contributed by atoms with E-state index in [1.807, 2.05) is 30.3 Å². The van der Waals surface area contributed by atoms with Crippen LogP contribution in [-0.4, -0.2) is 16.6 Å². The summed E-state index contributed by atoms with van der Waals surface area (Å²) in [7, 11) is 0. The van der Waals surface area contributed by atoms with Crippen molar-refractivity contribution in [1.82, 2.24) is 5.01 Å². The van der Waals surface area contributed by atoms with Gasteiger partial charge in [-0.3, -0.25) is 4.79 Å². The van der Waals surface area contributed by atoms with Crippen LogP contribution in [0.1, 0.15) is 18.0 Å². The first-order chi connectivity index (χ1) is 6.79. The first kappa shape index (κ1) is 9.21. The number of hydrogen-bond donors (Lipinski definition) is 0. The van der Waals surface area contributed by atoms with E-state index in [4.69, 9.17) is 11.6 Å². The van der Waals surface area contributed by atoms with Gasteiger partial charge in [0.05, 0.1) is 6.04 Å². The molecular formula is C10H9ClN2O. The van der Waals surface area contributed by atoms with Crippen LogP contribution >= 0.6 is 11.6 Å². The Morgan fingerprint density at radius 3 is 2.79 bits per heavy atom. The number of hydrazone groups is 1. The first-order valence-electron chi connectivity index (χ1n) is 4.35. The van der Waals surface area contributed by atoms with E-state index in [2.05, 4.69) is 5.10 Å². The Morgan fingerprint density at radius 2 is 2.14 bits per heavy atom. The van der Waals surface area contributed by atoms with Crippen LogP contribution in [0, 0.1) is 0 Å². The lowest BCUT2D eigenvalue weighted by Crippen LogP contribution is -2.21. The highest BCUT2D eigenvalue weighted by Crippen LogP contribution is 2.28. The number of carbonyl (C=O) groups is 1. The number of rotatable bonds is 1. The molecule has 1 heterocycles. The maximum absolute atomic E-state index is 11.0. The van der Waals surface area contributed by atoms with Crippen molar-refractivity contribution < 1.29 is 4.79 Å². The summed E-state index contributed by atoms with van der Waals surface area (Å²) in [6, 6.07) is 9.70. The quantitative estimate of drug-likeness (QED) is 0.516. The number of hydrogen-bond acceptors (Lipinski definition) is 2. The van der Waals surface area contributed by atoms with Crippen LogP contribution in [-0.2, 0) is 0 Å². The van der Waals surface area contributed by atoms with Crippen LogP contribution in [0.4, 0.5) is 4.79 Å². The maximum Gasteiger partial charge on any atom is 0.337 e. The summed E-state index contributed by atoms with van der Waals surface area (Å²) in [6.45, 7) is 0. The van der Waals surface area contributed by atoms with E-state index in [9.17, 15) is 4.79 Å². The van der Waals surface area contributed by atoms with Gasteiger partial charge in [-0.15, -0.1) is 0 Å². The highest BCUT2D eigenvalue weighted by molar-refractivity contribution is 6.62. The molecule has 1 atom stereocenters. The second kappa shape index (κ2) is 3.80. The van der Waals surface area contributed by atoms with Gasteiger partial charge in [-0.05, 0) is 17.2 Å². The van der Waals surface area contributed by atoms with Gasteiger partial charge in [-0.2, -0.15) is 5.10 Å². The van der Waals surface area contributed by atoms with Crippen molar-refractivity contribution in [3.05, 3.63) is 35.9 Å². The molecule has 0 bridgehead atoms. The summed E-state index contributed by atoms with van der Waals surface area (Å²) in [4.78, 5) is 11.0. The SMILES string of the molecule is O=C(Cl)N1N=CCC1c1ccccc1. The monoisotopic (exact) mass is 208 g/mol. The highest BCUT2D eigenvalue weighted by Gasteiger charge is 2.26. The van der Waals surface area contributed by atoms with Gasteiger partial charge in [0, 0.05) is 12.6 Å². The molecule has 2 rings (SSSR count). The van der Waals surface area contributed by atoms with E-state index in [0.29, 0.717) is 0 Å². The molecule has 0 aliphatic carbocycles. The van der Waals surface area contributed by atoms with E-state index in [1.165, 1.54) is 5.01 Å². The van der Waals surface area contributed by atoms with Crippen LogP contribution in [0.25, 0.3) is 0 Å². The van der Waals surface area contributed by atoms with Gasteiger partial charge in [-0.25, -0.2) is 5.01 Å². The van der Waals surface area contributed by atoms with Gasteiger partial charge in [0.25, 0.3) is 0 Å². The van der Waals surface area contributed by atoms with E-state index in [0.717, 1.165) is 12.0 Å². The summed E-state index contributed by atoms with van der Waals surface area (Å²) < 4.78 is 0. The molecule has 72 valence electrons. The second-order valence-corrected chi connectivity index (χ2v) is 3.38. The Bertz CT molecular complexity index is 364. The van der Waals surface area contributed by atoms with Gasteiger partial charge in [-0.1, -0.05) is 30.3 Å². The lowest BCUT2D eigenvalue weighted by Gasteiger charge is -2.19. The van der Waals surface area contributed by atoms with Crippen molar-refractivity contribution in [2.24, 2.45) is 5.10 Å². The van der Waals surface area contributed by atoms with E-state index in [-0.39, 0.29) is 6.04 Å². The lowest BCUT2D eigenvalue weighted by atomic mass is 10.1. The standard InChI is InChI=1S/C10H9ClN2O/c11-10(14)13-9(6-7-12-13)8-4-2-1-3-5-8/h1-5,7,9H,6H2.